The number of aliphatic hydroxyl groups is 2. The highest BCUT2D eigenvalue weighted by Gasteiger charge is 2.07. The van der Waals surface area contributed by atoms with Gasteiger partial charge in [0.05, 0.1) is 0 Å². The maximum Gasteiger partial charge on any atom is 0.155 e. The third kappa shape index (κ3) is 2.96. The zero-order chi connectivity index (χ0) is 6.57. The lowest BCUT2D eigenvalue weighted by Gasteiger charge is -2.11. The Balaban J connectivity index is 3.17. The quantitative estimate of drug-likeness (QED) is 0.424. The van der Waals surface area contributed by atoms with Crippen molar-refractivity contribution < 1.29 is 10.2 Å². The van der Waals surface area contributed by atoms with Crippen molar-refractivity contribution in [2.75, 3.05) is 13.6 Å². The molecule has 0 rings (SSSR count). The van der Waals surface area contributed by atoms with E-state index in [-0.39, 0.29) is 5.92 Å². The van der Waals surface area contributed by atoms with E-state index in [0.717, 1.165) is 0 Å². The van der Waals surface area contributed by atoms with Crippen molar-refractivity contribution in [1.82, 2.24) is 5.32 Å². The molecule has 1 atom stereocenters. The Morgan fingerprint density at radius 1 is 1.50 bits per heavy atom. The molecule has 0 aliphatic carbocycles. The summed E-state index contributed by atoms with van der Waals surface area (Å²) in [5, 5.41) is 19.8. The molecule has 50 valence electrons. The van der Waals surface area contributed by atoms with Gasteiger partial charge in [-0.25, -0.2) is 0 Å². The van der Waals surface area contributed by atoms with E-state index in [1.807, 2.05) is 0 Å². The van der Waals surface area contributed by atoms with Crippen LogP contribution in [0.2, 0.25) is 0 Å². The third-order valence-electron chi connectivity index (χ3n) is 1.04. The fourth-order valence-corrected chi connectivity index (χ4v) is 0.427. The van der Waals surface area contributed by atoms with E-state index in [1.165, 1.54) is 0 Å². The SMILES string of the molecule is CNCC(C)C(O)O. The fourth-order valence-electron chi connectivity index (χ4n) is 0.427. The molecular formula is C5H13NO2. The van der Waals surface area contributed by atoms with E-state index < -0.39 is 6.29 Å². The molecule has 0 aliphatic rings. The molecule has 0 aromatic carbocycles. The van der Waals surface area contributed by atoms with Crippen LogP contribution in [0.15, 0.2) is 0 Å². The lowest BCUT2D eigenvalue weighted by atomic mass is 10.2. The molecule has 0 amide bonds. The molecule has 1 unspecified atom stereocenters. The summed E-state index contributed by atoms with van der Waals surface area (Å²) >= 11 is 0. The molecule has 0 saturated heterocycles. The van der Waals surface area contributed by atoms with E-state index in [0.29, 0.717) is 6.54 Å². The van der Waals surface area contributed by atoms with Crippen LogP contribution in [-0.2, 0) is 0 Å². The molecule has 3 N–H and O–H groups in total. The topological polar surface area (TPSA) is 52.5 Å². The monoisotopic (exact) mass is 119 g/mol. The van der Waals surface area contributed by atoms with Gasteiger partial charge >= 0.3 is 0 Å². The van der Waals surface area contributed by atoms with Crippen molar-refractivity contribution in [1.29, 1.82) is 0 Å². The normalized spacial score (nSPS) is 14.6. The average Bonchev–Trinajstić information content (AvgIpc) is 1.67. The van der Waals surface area contributed by atoms with Crippen LogP contribution in [0.5, 0.6) is 0 Å². The van der Waals surface area contributed by atoms with Crippen molar-refractivity contribution in [3.63, 3.8) is 0 Å². The zero-order valence-electron chi connectivity index (χ0n) is 5.26. The minimum absolute atomic E-state index is 0.0833. The fraction of sp³-hybridized carbons (Fsp3) is 1.00. The molecule has 0 fully saturated rings. The van der Waals surface area contributed by atoms with Gasteiger partial charge in [0.15, 0.2) is 6.29 Å². The van der Waals surface area contributed by atoms with Gasteiger partial charge in [0.2, 0.25) is 0 Å². The standard InChI is InChI=1S/C5H13NO2/c1-4(3-6-2)5(7)8/h4-8H,3H2,1-2H3. The van der Waals surface area contributed by atoms with Crippen LogP contribution in [0.25, 0.3) is 0 Å². The lowest BCUT2D eigenvalue weighted by molar-refractivity contribution is -0.0771. The van der Waals surface area contributed by atoms with E-state index in [1.54, 1.807) is 14.0 Å². The van der Waals surface area contributed by atoms with E-state index in [2.05, 4.69) is 5.32 Å². The molecular weight excluding hydrogens is 106 g/mol. The summed E-state index contributed by atoms with van der Waals surface area (Å²) < 4.78 is 0. The van der Waals surface area contributed by atoms with Crippen LogP contribution >= 0.6 is 0 Å². The minimum atomic E-state index is -1.19. The summed E-state index contributed by atoms with van der Waals surface area (Å²) in [7, 11) is 1.78. The Hall–Kier alpha value is -0.120. The smallest absolute Gasteiger partial charge is 0.155 e. The van der Waals surface area contributed by atoms with Crippen LogP contribution in [0.3, 0.4) is 0 Å². The van der Waals surface area contributed by atoms with Gasteiger partial charge < -0.3 is 15.5 Å². The molecule has 3 heteroatoms. The minimum Gasteiger partial charge on any atom is -0.368 e. The Morgan fingerprint density at radius 2 is 2.00 bits per heavy atom. The van der Waals surface area contributed by atoms with Crippen molar-refractivity contribution >= 4 is 0 Å². The Kier molecular flexibility index (Phi) is 3.77. The van der Waals surface area contributed by atoms with E-state index in [9.17, 15) is 0 Å². The van der Waals surface area contributed by atoms with Gasteiger partial charge in [-0.05, 0) is 7.05 Å². The summed E-state index contributed by atoms with van der Waals surface area (Å²) in [6, 6.07) is 0. The number of rotatable bonds is 3. The number of nitrogens with one attached hydrogen (secondary N) is 1. The Bertz CT molecular complexity index is 56.4. The number of hydrogen-bond acceptors (Lipinski definition) is 3. The van der Waals surface area contributed by atoms with Crippen LogP contribution < -0.4 is 5.32 Å². The first-order valence-electron chi connectivity index (χ1n) is 2.69. The van der Waals surface area contributed by atoms with Crippen molar-refractivity contribution in [2.24, 2.45) is 5.92 Å². The molecule has 0 aromatic rings. The summed E-state index contributed by atoms with van der Waals surface area (Å²) in [4.78, 5) is 0. The molecule has 0 bridgehead atoms. The highest BCUT2D eigenvalue weighted by molar-refractivity contribution is 4.54. The molecule has 0 saturated carbocycles. The summed E-state index contributed by atoms with van der Waals surface area (Å²) in [6.45, 7) is 2.40. The van der Waals surface area contributed by atoms with Crippen LogP contribution in [-0.4, -0.2) is 30.1 Å². The highest BCUT2D eigenvalue weighted by Crippen LogP contribution is 1.95. The predicted molar refractivity (Wildman–Crippen MR) is 31.3 cm³/mol. The van der Waals surface area contributed by atoms with Gasteiger partial charge in [-0.2, -0.15) is 0 Å². The second-order valence-electron chi connectivity index (χ2n) is 1.95. The predicted octanol–water partition coefficient (Wildman–Crippen LogP) is -0.847. The van der Waals surface area contributed by atoms with E-state index in [4.69, 9.17) is 10.2 Å². The molecule has 0 spiro atoms. The van der Waals surface area contributed by atoms with Crippen molar-refractivity contribution in [3.05, 3.63) is 0 Å². The molecule has 0 radical (unpaired) electrons. The zero-order valence-corrected chi connectivity index (χ0v) is 5.26. The Labute approximate surface area is 49.3 Å². The first-order valence-corrected chi connectivity index (χ1v) is 2.69. The third-order valence-corrected chi connectivity index (χ3v) is 1.04. The largest absolute Gasteiger partial charge is 0.368 e. The maximum atomic E-state index is 8.47. The van der Waals surface area contributed by atoms with E-state index >= 15 is 0 Å². The van der Waals surface area contributed by atoms with Gasteiger partial charge in [-0.3, -0.25) is 0 Å². The summed E-state index contributed by atoms with van der Waals surface area (Å²) in [5.41, 5.74) is 0. The molecule has 0 heterocycles. The second kappa shape index (κ2) is 3.83. The molecule has 0 aliphatic heterocycles. The number of aliphatic hydroxyl groups excluding tert-OH is 1. The number of hydrogen-bond donors (Lipinski definition) is 3. The molecule has 3 nitrogen and oxygen atoms in total. The lowest BCUT2D eigenvalue weighted by Crippen LogP contribution is -2.26. The van der Waals surface area contributed by atoms with Crippen LogP contribution in [0.4, 0.5) is 0 Å². The first-order chi connectivity index (χ1) is 3.68. The molecule has 0 aromatic heterocycles. The van der Waals surface area contributed by atoms with Crippen LogP contribution in [0.1, 0.15) is 6.92 Å². The van der Waals surface area contributed by atoms with Gasteiger partial charge in [0, 0.05) is 12.5 Å². The van der Waals surface area contributed by atoms with Gasteiger partial charge in [0.1, 0.15) is 0 Å². The first kappa shape index (κ1) is 7.88. The van der Waals surface area contributed by atoms with Crippen molar-refractivity contribution in [3.8, 4) is 0 Å². The average molecular weight is 119 g/mol. The van der Waals surface area contributed by atoms with Gasteiger partial charge in [0.25, 0.3) is 0 Å². The van der Waals surface area contributed by atoms with Gasteiger partial charge in [-0.15, -0.1) is 0 Å². The van der Waals surface area contributed by atoms with Crippen molar-refractivity contribution in [2.45, 2.75) is 13.2 Å². The Morgan fingerprint density at radius 3 is 2.12 bits per heavy atom. The highest BCUT2D eigenvalue weighted by atomic mass is 16.5. The van der Waals surface area contributed by atoms with Gasteiger partial charge in [-0.1, -0.05) is 6.92 Å². The second-order valence-corrected chi connectivity index (χ2v) is 1.95. The van der Waals surface area contributed by atoms with Crippen LogP contribution in [0, 0.1) is 5.92 Å². The molecule has 8 heavy (non-hydrogen) atoms. The summed E-state index contributed by atoms with van der Waals surface area (Å²) in [5.74, 6) is -0.0833. The summed E-state index contributed by atoms with van der Waals surface area (Å²) in [6.07, 6.45) is -1.19. The maximum absolute atomic E-state index is 8.47.